The summed E-state index contributed by atoms with van der Waals surface area (Å²) in [5.41, 5.74) is 37.8. The molecule has 3 aliphatic rings. The second-order valence-electron chi connectivity index (χ2n) is 37.3. The van der Waals surface area contributed by atoms with Crippen molar-refractivity contribution in [2.45, 2.75) is 65.2 Å². The Morgan fingerprint density at radius 1 is 0.215 bits per heavy atom. The van der Waals surface area contributed by atoms with Crippen molar-refractivity contribution in [2.24, 2.45) is 0 Å². The normalized spacial score (nSPS) is 12.5. The number of hydrogen-bond acceptors (Lipinski definition) is 2. The highest BCUT2D eigenvalue weighted by Crippen LogP contribution is 2.54. The number of para-hydroxylation sites is 6. The van der Waals surface area contributed by atoms with Crippen molar-refractivity contribution in [1.82, 2.24) is 13.7 Å². The quantitative estimate of drug-likeness (QED) is 0.116. The van der Waals surface area contributed by atoms with Crippen LogP contribution in [0.15, 0.2) is 483 Å². The first-order valence-electron chi connectivity index (χ1n) is 47.4. The Balaban J connectivity index is 0.000000108. The molecule has 26 rings (SSSR count). The maximum absolute atomic E-state index is 8.84. The molecule has 0 saturated heterocycles. The summed E-state index contributed by atoms with van der Waals surface area (Å²) in [4.78, 5) is 0. The molecular weight excluding hydrogens is 2430 g/mol. The van der Waals surface area contributed by atoms with Gasteiger partial charge in [0.15, 0.2) is 0 Å². The third-order valence-electron chi connectivity index (χ3n) is 27.5. The molecule has 0 spiro atoms. The van der Waals surface area contributed by atoms with Gasteiger partial charge >= 0.3 is 7.69 Å². The number of aromatic nitrogens is 3. The number of rotatable bonds is 9. The SMILES string of the molecule is Brc1ccc(-c2ccc(-c3ccc4c(c3)c3ccccc3n4-c3ccccc3)cc2)cc1.Brc1ccc(-c2ccc(I)cc2)cc1.C.CC1(C)c2cc(Br)ccc2-c2ccc(-c3ccccc3)cc21.CC1(C)c2cc(Br)ccc2-c2ccc(I)cc21.CC1(C)c2ccccc2-c2ccc(Br)cc21.Ic1ccc2c(c1)c1ccccc1n2-c1ccccc1.O[B]Oc1ccc2c(c1)c1ccccc1n2-c1ccccc1. The van der Waals surface area contributed by atoms with Gasteiger partial charge in [0.1, 0.15) is 5.75 Å². The van der Waals surface area contributed by atoms with Gasteiger partial charge in [-0.25, -0.2) is 0 Å². The van der Waals surface area contributed by atoms with Gasteiger partial charge in [0.25, 0.3) is 0 Å². The number of fused-ring (bicyclic) bond motifs is 18. The van der Waals surface area contributed by atoms with Crippen molar-refractivity contribution < 1.29 is 9.68 Å². The van der Waals surface area contributed by atoms with Gasteiger partial charge in [0.2, 0.25) is 0 Å². The molecule has 1 N–H and O–H groups in total. The summed E-state index contributed by atoms with van der Waals surface area (Å²) in [6.07, 6.45) is 0. The number of benzene rings is 20. The van der Waals surface area contributed by atoms with Crippen LogP contribution in [0.3, 0.4) is 0 Å². The van der Waals surface area contributed by atoms with E-state index in [4.69, 9.17) is 9.68 Å². The second-order valence-corrected chi connectivity index (χ2v) is 45.6. The summed E-state index contributed by atoms with van der Waals surface area (Å²) in [5, 5.41) is 16.3. The Labute approximate surface area is 926 Å². The Morgan fingerprint density at radius 3 is 0.924 bits per heavy atom. The molecule has 14 heteroatoms. The van der Waals surface area contributed by atoms with Crippen LogP contribution < -0.4 is 4.65 Å². The van der Waals surface area contributed by atoms with Crippen molar-refractivity contribution in [3.8, 4) is 101 Å². The van der Waals surface area contributed by atoms with Gasteiger partial charge < -0.3 is 23.4 Å². The molecule has 1 radical (unpaired) electrons. The zero-order valence-corrected chi connectivity index (χ0v) is 93.6. The van der Waals surface area contributed by atoms with Crippen LogP contribution in [0.5, 0.6) is 5.75 Å². The number of hydrogen-bond donors (Lipinski definition) is 1. The predicted octanol–water partition coefficient (Wildman–Crippen LogP) is 39.9. The standard InChI is InChI=1S/C30H20BrN.C21H17Br.C18H13BNO2.C18H12IN.C15H12BrI.C15H13Br.C12H8BrI.CH4/c31-25-17-14-22(15-18-25)21-10-12-23(13-11-21)24-16-19-30-28(20-24)27-8-4-5-9-29(27)32(30)26-6-2-1-3-7-26;1-21(2)19-12-15(14-6-4-3-5-7-14)8-10-17(19)18-11-9-16(22)13-20(18)21;21-19-22-14-10-11-18-16(12-14)15-8-4-5-9-17(15)20(18)13-6-2-1-3-7-13;19-13-10-11-18-16(12-13)15-8-4-5-9-17(15)20(18)14-6-2-1-3-7-14;1-15(2)13-7-9(16)3-5-11(13)12-6-4-10(17)8-14(12)15;1-15(2)13-6-4-3-5-11(13)12-8-7-10(16)9-14(12)15;13-11-5-1-9(2-6-11)10-3-7-12(14)8-4-10;/h1-20H;3-13H,1-2H3;1-12,21H;1-12H;3-8H,1-2H3;3-9H,1-2H3;1-8H;1H4. The second kappa shape index (κ2) is 43.9. The lowest BCUT2D eigenvalue weighted by molar-refractivity contribution is 0.454. The molecule has 0 bridgehead atoms. The van der Waals surface area contributed by atoms with E-state index in [1.165, 1.54) is 177 Å². The fraction of sp³-hybridized carbons (Fsp3) is 0.0769. The van der Waals surface area contributed by atoms with Crippen LogP contribution in [0.25, 0.3) is 160 Å². The third-order valence-corrected chi connectivity index (χ3v) is 32.1. The van der Waals surface area contributed by atoms with Crippen LogP contribution in [0.2, 0.25) is 0 Å². The fourth-order valence-corrected chi connectivity index (χ4v) is 23.4. The summed E-state index contributed by atoms with van der Waals surface area (Å²) in [6, 6.07) is 163. The average molecular weight is 2530 g/mol. The molecule has 3 aromatic heterocycles. The van der Waals surface area contributed by atoms with Gasteiger partial charge in [-0.1, -0.05) is 396 Å². The summed E-state index contributed by atoms with van der Waals surface area (Å²) in [5.74, 6) is 0.617. The number of nitrogens with zero attached hydrogens (tertiary/aromatic N) is 3. The molecule has 0 amide bonds. The molecule has 5 nitrogen and oxygen atoms in total. The highest BCUT2D eigenvalue weighted by atomic mass is 127. The summed E-state index contributed by atoms with van der Waals surface area (Å²) in [7, 11) is 0.706. The molecule has 23 aromatic rings. The van der Waals surface area contributed by atoms with E-state index in [0.717, 1.165) is 49.9 Å². The Morgan fingerprint density at radius 2 is 0.479 bits per heavy atom. The summed E-state index contributed by atoms with van der Waals surface area (Å²) in [6.45, 7) is 13.8. The molecule has 3 aliphatic carbocycles. The Bertz CT molecular complexity index is 8530. The van der Waals surface area contributed by atoms with Crippen LogP contribution >= 0.6 is 147 Å². The highest BCUT2D eigenvalue weighted by Gasteiger charge is 2.38. The Kier molecular flexibility index (Phi) is 30.7. The minimum absolute atomic E-state index is 0. The monoisotopic (exact) mass is 2520 g/mol. The van der Waals surface area contributed by atoms with Gasteiger partial charge in [0, 0.05) is 98.7 Å². The van der Waals surface area contributed by atoms with Gasteiger partial charge in [-0.05, 0) is 373 Å². The molecule has 20 aromatic carbocycles. The average Bonchev–Trinajstić information content (AvgIpc) is 1.59. The zero-order chi connectivity index (χ0) is 98.8. The van der Waals surface area contributed by atoms with E-state index >= 15 is 0 Å². The van der Waals surface area contributed by atoms with Crippen LogP contribution in [0.1, 0.15) is 82.3 Å². The topological polar surface area (TPSA) is 44.2 Å². The zero-order valence-electron chi connectivity index (χ0n) is 79.2. The van der Waals surface area contributed by atoms with Gasteiger partial charge in [-0.15, -0.1) is 0 Å². The van der Waals surface area contributed by atoms with Crippen molar-refractivity contribution in [2.75, 3.05) is 0 Å². The summed E-state index contributed by atoms with van der Waals surface area (Å²) < 4.78 is 21.5. The molecule has 0 unspecified atom stereocenters. The van der Waals surface area contributed by atoms with Crippen LogP contribution in [-0.4, -0.2) is 26.4 Å². The van der Waals surface area contributed by atoms with E-state index in [2.05, 4.69) is 615 Å². The van der Waals surface area contributed by atoms with E-state index in [1.807, 2.05) is 48.5 Å². The van der Waals surface area contributed by atoms with E-state index in [9.17, 15) is 0 Å². The van der Waals surface area contributed by atoms with E-state index in [-0.39, 0.29) is 23.7 Å². The third kappa shape index (κ3) is 20.8. The first-order valence-corrected chi connectivity index (χ1v) is 54.6. The lowest BCUT2D eigenvalue weighted by Gasteiger charge is -2.22. The van der Waals surface area contributed by atoms with Crippen molar-refractivity contribution in [3.05, 3.63) is 527 Å². The van der Waals surface area contributed by atoms with Gasteiger partial charge in [0.05, 0.1) is 33.1 Å². The van der Waals surface area contributed by atoms with Crippen LogP contribution in [-0.2, 0) is 16.2 Å². The van der Waals surface area contributed by atoms with E-state index < -0.39 is 0 Å². The van der Waals surface area contributed by atoms with Crippen LogP contribution in [0, 0.1) is 10.7 Å². The smallest absolute Gasteiger partial charge is 0.537 e. The van der Waals surface area contributed by atoms with Gasteiger partial charge in [-0.3, -0.25) is 0 Å². The fourth-order valence-electron chi connectivity index (χ4n) is 20.4. The van der Waals surface area contributed by atoms with Crippen LogP contribution in [0.4, 0.5) is 0 Å². The van der Waals surface area contributed by atoms with E-state index in [0.29, 0.717) is 13.4 Å². The maximum Gasteiger partial charge on any atom is 0.569 e. The molecule has 3 heterocycles. The first-order chi connectivity index (χ1) is 69.4. The van der Waals surface area contributed by atoms with Crippen molar-refractivity contribution >= 4 is 221 Å². The maximum atomic E-state index is 8.84. The first kappa shape index (κ1) is 101. The predicted molar refractivity (Wildman–Crippen MR) is 655 cm³/mol. The Hall–Kier alpha value is -11.8. The van der Waals surface area contributed by atoms with Crippen molar-refractivity contribution in [1.29, 1.82) is 0 Å². The molecule has 0 aliphatic heterocycles. The number of halogens is 8. The molecule has 144 heavy (non-hydrogen) atoms. The van der Waals surface area contributed by atoms with Gasteiger partial charge in [-0.2, -0.15) is 0 Å². The van der Waals surface area contributed by atoms with E-state index in [1.54, 1.807) is 0 Å². The minimum atomic E-state index is 0. The highest BCUT2D eigenvalue weighted by molar-refractivity contribution is 14.1. The molecule has 0 atom stereocenters. The molecular formula is C130H99BBr5I3N3O2. The molecule has 705 valence electrons. The lowest BCUT2D eigenvalue weighted by Crippen LogP contribution is -2.15. The molecule has 0 saturated carbocycles. The molecule has 0 fully saturated rings. The minimum Gasteiger partial charge on any atom is -0.537 e. The lowest BCUT2D eigenvalue weighted by atomic mass is 9.81. The summed E-state index contributed by atoms with van der Waals surface area (Å²) >= 11 is 24.8. The van der Waals surface area contributed by atoms with Crippen molar-refractivity contribution in [3.63, 3.8) is 0 Å². The largest absolute Gasteiger partial charge is 0.569 e.